The van der Waals surface area contributed by atoms with Gasteiger partial charge in [0.1, 0.15) is 22.6 Å². The van der Waals surface area contributed by atoms with Crippen LogP contribution in [0.15, 0.2) is 35.9 Å². The van der Waals surface area contributed by atoms with Gasteiger partial charge in [-0.3, -0.25) is 10.1 Å². The summed E-state index contributed by atoms with van der Waals surface area (Å²) in [5.41, 5.74) is 1.23. The van der Waals surface area contributed by atoms with Crippen LogP contribution >= 0.6 is 11.6 Å². The van der Waals surface area contributed by atoms with Gasteiger partial charge in [-0.1, -0.05) is 42.3 Å². The molecule has 9 heteroatoms. The number of nitrogens with zero attached hydrogens (tertiary/aromatic N) is 1. The van der Waals surface area contributed by atoms with Crippen molar-refractivity contribution in [2.24, 2.45) is 5.92 Å². The van der Waals surface area contributed by atoms with Crippen molar-refractivity contribution in [2.75, 3.05) is 19.1 Å². The fourth-order valence-corrected chi connectivity index (χ4v) is 5.16. The zero-order valence-electron chi connectivity index (χ0n) is 20.5. The third-order valence-corrected chi connectivity index (χ3v) is 7.37. The van der Waals surface area contributed by atoms with Gasteiger partial charge in [-0.2, -0.15) is 0 Å². The number of rotatable bonds is 1. The molecule has 4 rings (SSSR count). The fourth-order valence-electron chi connectivity index (χ4n) is 4.85. The highest BCUT2D eigenvalue weighted by Gasteiger charge is 2.50. The molecule has 190 valence electrons. The number of fused-ring (bicyclic) bond motifs is 5. The monoisotopic (exact) mass is 504 g/mol. The van der Waals surface area contributed by atoms with Gasteiger partial charge in [-0.05, 0) is 37.5 Å². The van der Waals surface area contributed by atoms with Crippen molar-refractivity contribution in [3.05, 3.63) is 46.5 Å². The second kappa shape index (κ2) is 10.2. The van der Waals surface area contributed by atoms with E-state index >= 15 is 0 Å². The molecule has 3 aliphatic rings. The van der Waals surface area contributed by atoms with Crippen LogP contribution in [0.3, 0.4) is 0 Å². The van der Waals surface area contributed by atoms with Crippen molar-refractivity contribution in [3.63, 3.8) is 0 Å². The number of allylic oxidation sites excluding steroid dienone is 3. The molecule has 3 unspecified atom stereocenters. The van der Waals surface area contributed by atoms with Crippen molar-refractivity contribution in [3.8, 4) is 5.75 Å². The van der Waals surface area contributed by atoms with E-state index in [-0.39, 0.29) is 43.3 Å². The SMILES string of the molecule is COc1cc2cc(c1Cl)N(C)C(=O)CCC1OC1[C@H](C)C1C[C@](O)(C/C=C/C=C(\C)C2)NC(=O)O1. The van der Waals surface area contributed by atoms with Crippen LogP contribution in [0.1, 0.15) is 45.1 Å². The Bertz CT molecular complexity index is 1060. The molecular formula is C26H33ClN2O6. The highest BCUT2D eigenvalue weighted by atomic mass is 35.5. The topological polar surface area (TPSA) is 101 Å². The molecule has 0 radical (unpaired) electrons. The zero-order chi connectivity index (χ0) is 25.3. The second-order valence-corrected chi connectivity index (χ2v) is 10.1. The van der Waals surface area contributed by atoms with Gasteiger partial charge in [0.2, 0.25) is 5.91 Å². The number of hydrogen-bond donors (Lipinski definition) is 2. The van der Waals surface area contributed by atoms with E-state index in [1.165, 1.54) is 0 Å². The number of carbonyl (C=O) groups is 2. The van der Waals surface area contributed by atoms with Crippen LogP contribution in [0.2, 0.25) is 5.02 Å². The van der Waals surface area contributed by atoms with Gasteiger partial charge in [-0.25, -0.2) is 4.79 Å². The average molecular weight is 505 g/mol. The Morgan fingerprint density at radius 2 is 2.06 bits per heavy atom. The van der Waals surface area contributed by atoms with Gasteiger partial charge in [0.05, 0.1) is 25.0 Å². The number of epoxide rings is 1. The fraction of sp³-hybridized carbons (Fsp3) is 0.538. The maximum Gasteiger partial charge on any atom is 0.409 e. The molecule has 0 aromatic heterocycles. The molecule has 0 aliphatic carbocycles. The summed E-state index contributed by atoms with van der Waals surface area (Å²) in [4.78, 5) is 26.8. The number of anilines is 1. The summed E-state index contributed by atoms with van der Waals surface area (Å²) in [5, 5.41) is 14.0. The molecule has 8 nitrogen and oxygen atoms in total. The van der Waals surface area contributed by atoms with Crippen LogP contribution in [0.4, 0.5) is 10.5 Å². The predicted octanol–water partition coefficient (Wildman–Crippen LogP) is 4.13. The Kier molecular flexibility index (Phi) is 7.45. The standard InChI is InChI=1S/C26H33ClN2O6/c1-15-7-5-6-10-26(32)14-21(35-25(31)28-26)16(2)24-19(34-24)8-9-22(30)29(3)18-12-17(11-15)13-20(33-4)23(18)27/h5-7,12-13,16,19,21,24,32H,8-11,14H2,1-4H3,(H,28,31)/b6-5+,15-7+/t16-,19?,21?,24?,26-/m1/s1. The van der Waals surface area contributed by atoms with E-state index in [2.05, 4.69) is 5.32 Å². The quantitative estimate of drug-likeness (QED) is 0.558. The van der Waals surface area contributed by atoms with Crippen molar-refractivity contribution in [1.29, 1.82) is 0 Å². The number of ether oxygens (including phenoxy) is 3. The van der Waals surface area contributed by atoms with E-state index in [1.54, 1.807) is 19.1 Å². The van der Waals surface area contributed by atoms with Gasteiger partial charge in [0.15, 0.2) is 0 Å². The molecule has 2 saturated heterocycles. The van der Waals surface area contributed by atoms with E-state index in [0.29, 0.717) is 29.3 Å². The molecule has 1 aromatic rings. The number of alkyl carbamates (subject to hydrolysis) is 1. The molecule has 3 aliphatic heterocycles. The van der Waals surface area contributed by atoms with Gasteiger partial charge in [0.25, 0.3) is 0 Å². The molecule has 0 saturated carbocycles. The van der Waals surface area contributed by atoms with Crippen molar-refractivity contribution in [1.82, 2.24) is 5.32 Å². The number of hydrogen-bond acceptors (Lipinski definition) is 6. The van der Waals surface area contributed by atoms with Crippen molar-refractivity contribution >= 4 is 29.3 Å². The summed E-state index contributed by atoms with van der Waals surface area (Å²) in [6.45, 7) is 3.95. The molecule has 1 aromatic carbocycles. The van der Waals surface area contributed by atoms with Crippen LogP contribution in [-0.2, 0) is 20.7 Å². The summed E-state index contributed by atoms with van der Waals surface area (Å²) in [5.74, 6) is 0.315. The third-order valence-electron chi connectivity index (χ3n) is 6.99. The molecule has 2 amide bonds. The van der Waals surface area contributed by atoms with Crippen molar-refractivity contribution in [2.45, 2.75) is 70.0 Å². The molecule has 0 spiro atoms. The summed E-state index contributed by atoms with van der Waals surface area (Å²) >= 11 is 6.56. The van der Waals surface area contributed by atoms with Crippen LogP contribution < -0.4 is 15.0 Å². The zero-order valence-corrected chi connectivity index (χ0v) is 21.3. The number of nitrogens with one attached hydrogen (secondary N) is 1. The Morgan fingerprint density at radius 3 is 2.80 bits per heavy atom. The van der Waals surface area contributed by atoms with Crippen LogP contribution in [0, 0.1) is 5.92 Å². The molecule has 4 bridgehead atoms. The first-order valence-corrected chi connectivity index (χ1v) is 12.3. The Hall–Kier alpha value is -2.55. The molecule has 3 heterocycles. The maximum absolute atomic E-state index is 13.0. The van der Waals surface area contributed by atoms with E-state index in [1.807, 2.05) is 44.2 Å². The summed E-state index contributed by atoms with van der Waals surface area (Å²) in [6.07, 6.45) is 6.25. The molecule has 5 atom stereocenters. The molecular weight excluding hydrogens is 472 g/mol. The summed E-state index contributed by atoms with van der Waals surface area (Å²) in [6, 6.07) is 3.79. The second-order valence-electron chi connectivity index (χ2n) is 9.75. The smallest absolute Gasteiger partial charge is 0.409 e. The average Bonchev–Trinajstić information content (AvgIpc) is 3.59. The number of carbonyl (C=O) groups excluding carboxylic acids is 2. The van der Waals surface area contributed by atoms with E-state index in [0.717, 1.165) is 11.1 Å². The lowest BCUT2D eigenvalue weighted by atomic mass is 9.89. The Labute approximate surface area is 210 Å². The molecule has 2 N–H and O–H groups in total. The van der Waals surface area contributed by atoms with E-state index < -0.39 is 17.9 Å². The van der Waals surface area contributed by atoms with E-state index in [4.69, 9.17) is 25.8 Å². The van der Waals surface area contributed by atoms with Gasteiger partial charge >= 0.3 is 6.09 Å². The number of methoxy groups -OCH3 is 1. The summed E-state index contributed by atoms with van der Waals surface area (Å²) < 4.78 is 16.8. The maximum atomic E-state index is 13.0. The highest BCUT2D eigenvalue weighted by molar-refractivity contribution is 6.35. The Morgan fingerprint density at radius 1 is 1.29 bits per heavy atom. The molecule has 35 heavy (non-hydrogen) atoms. The number of benzene rings is 1. The van der Waals surface area contributed by atoms with E-state index in [9.17, 15) is 14.7 Å². The normalized spacial score (nSPS) is 34.1. The number of aliphatic hydroxyl groups is 1. The molecule has 2 fully saturated rings. The van der Waals surface area contributed by atoms with Crippen LogP contribution in [0.25, 0.3) is 0 Å². The van der Waals surface area contributed by atoms with Gasteiger partial charge < -0.3 is 24.2 Å². The minimum Gasteiger partial charge on any atom is -0.495 e. The largest absolute Gasteiger partial charge is 0.495 e. The van der Waals surface area contributed by atoms with Crippen LogP contribution in [-0.4, -0.2) is 55.3 Å². The third kappa shape index (κ3) is 5.82. The summed E-state index contributed by atoms with van der Waals surface area (Å²) in [7, 11) is 3.27. The minimum atomic E-state index is -1.39. The number of amides is 2. The lowest BCUT2D eigenvalue weighted by Gasteiger charge is -2.38. The highest BCUT2D eigenvalue weighted by Crippen LogP contribution is 2.40. The van der Waals surface area contributed by atoms with Gasteiger partial charge in [-0.15, -0.1) is 0 Å². The van der Waals surface area contributed by atoms with Crippen LogP contribution in [0.5, 0.6) is 5.75 Å². The first kappa shape index (κ1) is 25.5. The number of halogens is 1. The van der Waals surface area contributed by atoms with Gasteiger partial charge in [0, 0.05) is 32.2 Å². The lowest BCUT2D eigenvalue weighted by Crippen LogP contribution is -2.57. The predicted molar refractivity (Wildman–Crippen MR) is 133 cm³/mol. The lowest BCUT2D eigenvalue weighted by molar-refractivity contribution is -0.118. The Balaban J connectivity index is 1.63. The minimum absolute atomic E-state index is 0.0798. The first-order chi connectivity index (χ1) is 16.6. The first-order valence-electron chi connectivity index (χ1n) is 11.9. The van der Waals surface area contributed by atoms with Crippen molar-refractivity contribution < 1.29 is 28.9 Å².